The van der Waals surface area contributed by atoms with Gasteiger partial charge in [-0.2, -0.15) is 0 Å². The molecule has 2 atom stereocenters. The highest BCUT2D eigenvalue weighted by Crippen LogP contribution is 2.16. The number of carbonyl (C=O) groups is 5. The van der Waals surface area contributed by atoms with E-state index in [1.165, 1.54) is 0 Å². The first-order valence-electron chi connectivity index (χ1n) is 8.60. The maximum Gasteiger partial charge on any atom is 0.336 e. The fourth-order valence-electron chi connectivity index (χ4n) is 1.35. The van der Waals surface area contributed by atoms with Crippen LogP contribution < -0.4 is 5.11 Å². The Morgan fingerprint density at radius 1 is 1.03 bits per heavy atom. The van der Waals surface area contributed by atoms with Gasteiger partial charge in [-0.15, -0.1) is 0 Å². The number of carbonyl (C=O) groups excluding carboxylic acids is 2. The van der Waals surface area contributed by atoms with E-state index in [1.54, 1.807) is 6.92 Å². The average Bonchev–Trinajstić information content (AvgIpc) is 2.51. The first-order chi connectivity index (χ1) is 13.4. The summed E-state index contributed by atoms with van der Waals surface area (Å²) in [6.45, 7) is 3.24. The lowest BCUT2D eigenvalue weighted by Gasteiger charge is -2.25. The quantitative estimate of drug-likeness (QED) is 0.176. The van der Waals surface area contributed by atoms with E-state index in [-0.39, 0.29) is 13.0 Å². The molecule has 0 spiro atoms. The van der Waals surface area contributed by atoms with Crippen LogP contribution in [0.1, 0.15) is 33.1 Å². The lowest BCUT2D eigenvalue weighted by Crippen LogP contribution is -2.46. The van der Waals surface area contributed by atoms with Crippen LogP contribution in [-0.4, -0.2) is 106 Å². The number of likely N-dealkylation sites (N-methyl/N-ethyl adjacent to an activating group) is 1. The molecule has 0 aromatic rings. The van der Waals surface area contributed by atoms with Crippen LogP contribution in [0.3, 0.4) is 0 Å². The second-order valence-electron chi connectivity index (χ2n) is 7.08. The number of quaternary nitrogens is 1. The van der Waals surface area contributed by atoms with Crippen molar-refractivity contribution in [3.8, 4) is 0 Å². The highest BCUT2D eigenvalue weighted by Gasteiger charge is 2.39. The van der Waals surface area contributed by atoms with Crippen molar-refractivity contribution < 1.29 is 63.8 Å². The van der Waals surface area contributed by atoms with E-state index in [1.807, 2.05) is 21.1 Å². The Morgan fingerprint density at radius 2 is 1.47 bits per heavy atom. The van der Waals surface area contributed by atoms with Crippen LogP contribution in [0.2, 0.25) is 0 Å². The smallest absolute Gasteiger partial charge is 0.336 e. The van der Waals surface area contributed by atoms with E-state index >= 15 is 0 Å². The minimum atomic E-state index is -2.70. The van der Waals surface area contributed by atoms with Gasteiger partial charge < -0.3 is 44.7 Å². The second kappa shape index (κ2) is 15.1. The summed E-state index contributed by atoms with van der Waals surface area (Å²) in [5.41, 5.74) is -2.70. The molecule has 0 aromatic heterocycles. The summed E-state index contributed by atoms with van der Waals surface area (Å²) < 4.78 is 5.29. The Kier molecular flexibility index (Phi) is 16.1. The number of nitrogens with zero attached hydrogens (tertiary/aromatic N) is 1. The van der Waals surface area contributed by atoms with Gasteiger partial charge in [0, 0.05) is 19.3 Å². The summed E-state index contributed by atoms with van der Waals surface area (Å²) in [7, 11) is 5.62. The Labute approximate surface area is 173 Å². The average molecular weight is 441 g/mol. The first kappa shape index (κ1) is 31.9. The zero-order chi connectivity index (χ0) is 24.7. The number of hydrogen-bond acceptors (Lipinski definition) is 9. The van der Waals surface area contributed by atoms with Crippen LogP contribution in [0, 0.1) is 0 Å². The molecule has 0 fully saturated rings. The molecule has 5 N–H and O–H groups in total. The van der Waals surface area contributed by atoms with Crippen LogP contribution in [-0.2, 0) is 28.7 Å². The molecule has 0 saturated heterocycles. The zero-order valence-electron chi connectivity index (χ0n) is 17.7. The van der Waals surface area contributed by atoms with Crippen molar-refractivity contribution >= 4 is 29.8 Å². The molecule has 2 unspecified atom stereocenters. The van der Waals surface area contributed by atoms with Crippen LogP contribution >= 0.6 is 0 Å². The molecule has 0 saturated carbocycles. The summed E-state index contributed by atoms with van der Waals surface area (Å²) in [5.74, 6) is -6.52. The van der Waals surface area contributed by atoms with E-state index in [0.717, 1.165) is 6.92 Å². The second-order valence-corrected chi connectivity index (χ2v) is 7.08. The van der Waals surface area contributed by atoms with E-state index < -0.39 is 54.4 Å². The van der Waals surface area contributed by atoms with Crippen molar-refractivity contribution in [2.24, 2.45) is 0 Å². The number of esters is 1. The van der Waals surface area contributed by atoms with E-state index in [4.69, 9.17) is 30.0 Å². The number of aliphatic carboxylic acids is 4. The van der Waals surface area contributed by atoms with Gasteiger partial charge in [0.2, 0.25) is 0 Å². The maximum atomic E-state index is 11.4. The van der Waals surface area contributed by atoms with Crippen LogP contribution in [0.5, 0.6) is 0 Å². The predicted octanol–water partition coefficient (Wildman–Crippen LogP) is -2.49. The minimum Gasteiger partial charge on any atom is -0.550 e. The highest BCUT2D eigenvalue weighted by atomic mass is 16.5. The first-order valence-corrected chi connectivity index (χ1v) is 8.60. The van der Waals surface area contributed by atoms with Crippen molar-refractivity contribution in [3.63, 3.8) is 0 Å². The van der Waals surface area contributed by atoms with Crippen molar-refractivity contribution in [1.29, 1.82) is 0 Å². The topological polar surface area (TPSA) is 219 Å². The monoisotopic (exact) mass is 441 g/mol. The molecule has 176 valence electrons. The van der Waals surface area contributed by atoms with Crippen molar-refractivity contribution in [1.82, 2.24) is 0 Å². The molecule has 0 bridgehead atoms. The van der Waals surface area contributed by atoms with Gasteiger partial charge in [-0.05, 0) is 6.42 Å². The minimum absolute atomic E-state index is 0.0450. The molecular weight excluding hydrogens is 410 g/mol. The predicted molar refractivity (Wildman–Crippen MR) is 97.9 cm³/mol. The molecule has 0 amide bonds. The Hall–Kier alpha value is -2.77. The summed E-state index contributed by atoms with van der Waals surface area (Å²) in [4.78, 5) is 51.2. The van der Waals surface area contributed by atoms with Gasteiger partial charge in [0.05, 0.1) is 27.6 Å². The number of carboxylic acids is 4. The van der Waals surface area contributed by atoms with Crippen molar-refractivity contribution in [3.05, 3.63) is 0 Å². The van der Waals surface area contributed by atoms with Crippen molar-refractivity contribution in [2.75, 3.05) is 34.3 Å². The standard InChI is InChI=1S/C11H19NO7.C4H8O3.C2H4O2/c1-12(2,3)4-5-19-9(15)7-11(18,10(16)17)6-8(13)14;1-2-3(5)4(6)7;1-2(3)4/h18H,4-7H2,1-3H3,(H-,13,14,16,17);3,5H,2H2,1H3,(H,6,7);1H3,(H,3,4). The molecule has 0 heterocycles. The molecule has 13 heteroatoms. The molecule has 0 radical (unpaired) electrons. The number of rotatable bonds is 10. The number of ether oxygens (including phenoxy) is 1. The number of aliphatic hydroxyl groups is 2. The van der Waals surface area contributed by atoms with Gasteiger partial charge in [0.25, 0.3) is 5.97 Å². The zero-order valence-corrected chi connectivity index (χ0v) is 17.7. The molecular formula is C17H31NO12. The summed E-state index contributed by atoms with van der Waals surface area (Å²) in [6.07, 6.45) is -3.02. The fraction of sp³-hybridized carbons (Fsp3) is 0.706. The molecule has 30 heavy (non-hydrogen) atoms. The van der Waals surface area contributed by atoms with Crippen LogP contribution in [0.15, 0.2) is 0 Å². The fourth-order valence-corrected chi connectivity index (χ4v) is 1.35. The highest BCUT2D eigenvalue weighted by molar-refractivity contribution is 5.88. The van der Waals surface area contributed by atoms with Gasteiger partial charge in [-0.3, -0.25) is 9.59 Å². The van der Waals surface area contributed by atoms with Crippen LogP contribution in [0.25, 0.3) is 0 Å². The maximum absolute atomic E-state index is 11.4. The summed E-state index contributed by atoms with van der Waals surface area (Å²) in [6, 6.07) is 0. The molecule has 0 aliphatic carbocycles. The number of carboxylic acid groups (broad SMARTS) is 4. The third kappa shape index (κ3) is 21.5. The van der Waals surface area contributed by atoms with Gasteiger partial charge in [0.15, 0.2) is 11.7 Å². The molecule has 0 aromatic carbocycles. The van der Waals surface area contributed by atoms with Gasteiger partial charge in [0.1, 0.15) is 13.2 Å². The van der Waals surface area contributed by atoms with E-state index in [0.29, 0.717) is 11.0 Å². The lowest BCUT2D eigenvalue weighted by atomic mass is 9.96. The molecule has 0 rings (SSSR count). The molecule has 0 aliphatic heterocycles. The molecule has 13 nitrogen and oxygen atoms in total. The summed E-state index contributed by atoms with van der Waals surface area (Å²) in [5, 5.41) is 52.3. The lowest BCUT2D eigenvalue weighted by molar-refractivity contribution is -0.870. The van der Waals surface area contributed by atoms with E-state index in [2.05, 4.69) is 0 Å². The van der Waals surface area contributed by atoms with Crippen LogP contribution in [0.4, 0.5) is 0 Å². The Morgan fingerprint density at radius 3 is 1.70 bits per heavy atom. The number of hydrogen-bond donors (Lipinski definition) is 5. The SMILES string of the molecule is CC(=O)O.CCC(O)C(=O)O.C[N+](C)(C)CCOC(=O)CC(O)(CC(=O)[O-])C(=O)O. The van der Waals surface area contributed by atoms with Gasteiger partial charge in [-0.25, -0.2) is 9.59 Å². The molecule has 0 aliphatic rings. The van der Waals surface area contributed by atoms with E-state index in [9.17, 15) is 29.4 Å². The third-order valence-electron chi connectivity index (χ3n) is 2.97. The third-order valence-corrected chi connectivity index (χ3v) is 2.97. The Balaban J connectivity index is -0.000000543. The summed E-state index contributed by atoms with van der Waals surface area (Å²) >= 11 is 0. The normalized spacial score (nSPS) is 13.2. The van der Waals surface area contributed by atoms with Crippen molar-refractivity contribution in [2.45, 2.75) is 44.8 Å². The van der Waals surface area contributed by atoms with Gasteiger partial charge in [-0.1, -0.05) is 6.92 Å². The number of aliphatic hydroxyl groups excluding tert-OH is 1. The van der Waals surface area contributed by atoms with Gasteiger partial charge >= 0.3 is 17.9 Å². The Bertz CT molecular complexity index is 580. The largest absolute Gasteiger partial charge is 0.550 e.